The fraction of sp³-hybridized carbons (Fsp3) is 0.154. The fourth-order valence-corrected chi connectivity index (χ4v) is 4.33. The van der Waals surface area contributed by atoms with E-state index in [2.05, 4.69) is 6.07 Å². The van der Waals surface area contributed by atoms with Gasteiger partial charge in [0.25, 0.3) is 0 Å². The molecule has 4 heteroatoms. The number of hydrogen-bond donors (Lipinski definition) is 0. The monoisotopic (exact) mass is 396 g/mol. The van der Waals surface area contributed by atoms with Crippen molar-refractivity contribution < 1.29 is 17.5 Å². The highest BCUT2D eigenvalue weighted by Crippen LogP contribution is 2.41. The molecule has 0 fully saturated rings. The normalized spacial score (nSPS) is 13.9. The maximum Gasteiger partial charge on any atom is 0.216 e. The number of benzene rings is 2. The summed E-state index contributed by atoms with van der Waals surface area (Å²) < 4.78 is 38.0. The number of aryl methyl sites for hydroxylation is 4. The molecular formula is C26H21N2O2+. The number of nitrogens with zero attached hydrogens (tertiary/aromatic N) is 2. The number of furan rings is 2. The van der Waals surface area contributed by atoms with Crippen LogP contribution in [0.3, 0.4) is 0 Å². The Bertz CT molecular complexity index is 1740. The molecule has 0 N–H and O–H groups in total. The first kappa shape index (κ1) is 14.3. The Morgan fingerprint density at radius 2 is 1.73 bits per heavy atom. The molecule has 0 bridgehead atoms. The summed E-state index contributed by atoms with van der Waals surface area (Å²) in [5, 5.41) is 2.78. The zero-order valence-electron chi connectivity index (χ0n) is 19.9. The molecule has 0 spiro atoms. The van der Waals surface area contributed by atoms with Gasteiger partial charge in [-0.1, -0.05) is 24.3 Å². The van der Waals surface area contributed by atoms with Crippen LogP contribution in [-0.2, 0) is 7.05 Å². The van der Waals surface area contributed by atoms with Crippen LogP contribution in [0.5, 0.6) is 0 Å². The predicted octanol–water partition coefficient (Wildman–Crippen LogP) is 6.30. The van der Waals surface area contributed by atoms with Crippen LogP contribution in [0.2, 0.25) is 0 Å². The van der Waals surface area contributed by atoms with E-state index in [-0.39, 0.29) is 0 Å². The van der Waals surface area contributed by atoms with Crippen LogP contribution in [0.4, 0.5) is 0 Å². The minimum Gasteiger partial charge on any atom is -0.451 e. The fourth-order valence-electron chi connectivity index (χ4n) is 4.33. The molecule has 0 aliphatic heterocycles. The largest absolute Gasteiger partial charge is 0.451 e. The van der Waals surface area contributed by atoms with E-state index in [1.54, 1.807) is 6.20 Å². The Morgan fingerprint density at radius 3 is 2.60 bits per heavy atom. The molecule has 4 aromatic heterocycles. The van der Waals surface area contributed by atoms with Crippen molar-refractivity contribution in [1.82, 2.24) is 4.98 Å². The molecule has 0 radical (unpaired) electrons. The number of hydrogen-bond acceptors (Lipinski definition) is 3. The maximum atomic E-state index is 7.84. The third kappa shape index (κ3) is 2.22. The highest BCUT2D eigenvalue weighted by Gasteiger charge is 2.23. The van der Waals surface area contributed by atoms with Gasteiger partial charge in [0, 0.05) is 32.7 Å². The Labute approximate surface area is 177 Å². The lowest BCUT2D eigenvalue weighted by Crippen LogP contribution is -2.31. The molecule has 0 saturated carbocycles. The highest BCUT2D eigenvalue weighted by molar-refractivity contribution is 6.18. The van der Waals surface area contributed by atoms with E-state index in [9.17, 15) is 0 Å². The summed E-state index contributed by atoms with van der Waals surface area (Å²) in [6.45, 7) is 1.70. The van der Waals surface area contributed by atoms with Gasteiger partial charge in [-0.05, 0) is 44.0 Å². The number of aromatic nitrogens is 2. The zero-order valence-corrected chi connectivity index (χ0v) is 16.9. The molecule has 146 valence electrons. The van der Waals surface area contributed by atoms with Crippen LogP contribution < -0.4 is 4.57 Å². The van der Waals surface area contributed by atoms with Gasteiger partial charge in [0.1, 0.15) is 23.7 Å². The minimum absolute atomic E-state index is 0.344. The Morgan fingerprint density at radius 1 is 0.867 bits per heavy atom. The van der Waals surface area contributed by atoms with Gasteiger partial charge >= 0.3 is 0 Å². The first-order chi connectivity index (χ1) is 15.7. The molecule has 6 aromatic rings. The van der Waals surface area contributed by atoms with Crippen LogP contribution in [0.1, 0.15) is 20.8 Å². The lowest BCUT2D eigenvalue weighted by molar-refractivity contribution is -0.660. The average molecular weight is 396 g/mol. The van der Waals surface area contributed by atoms with Gasteiger partial charge in [-0.15, -0.1) is 0 Å². The van der Waals surface area contributed by atoms with Gasteiger partial charge in [-0.25, -0.2) is 4.57 Å². The third-order valence-electron chi connectivity index (χ3n) is 5.94. The highest BCUT2D eigenvalue weighted by atomic mass is 16.4. The molecule has 0 atom stereocenters. The van der Waals surface area contributed by atoms with Gasteiger partial charge < -0.3 is 8.83 Å². The minimum atomic E-state index is -2.17. The molecule has 6 rings (SSSR count). The average Bonchev–Trinajstić information content (AvgIpc) is 3.33. The summed E-state index contributed by atoms with van der Waals surface area (Å²) in [6, 6.07) is 13.8. The molecule has 0 saturated heterocycles. The number of para-hydroxylation sites is 1. The van der Waals surface area contributed by atoms with Crippen LogP contribution in [0.25, 0.3) is 55.3 Å². The zero-order chi connectivity index (χ0) is 23.1. The molecule has 2 aromatic carbocycles. The van der Waals surface area contributed by atoms with Crippen LogP contribution >= 0.6 is 0 Å². The number of fused-ring (bicyclic) bond motifs is 7. The maximum absolute atomic E-state index is 7.84. The van der Waals surface area contributed by atoms with Crippen molar-refractivity contribution in [3.05, 3.63) is 71.5 Å². The van der Waals surface area contributed by atoms with Crippen molar-refractivity contribution in [2.75, 3.05) is 0 Å². The van der Waals surface area contributed by atoms with Crippen molar-refractivity contribution >= 4 is 44.0 Å². The van der Waals surface area contributed by atoms with Crippen molar-refractivity contribution in [2.24, 2.45) is 7.05 Å². The van der Waals surface area contributed by atoms with E-state index in [1.165, 1.54) is 0 Å². The molecule has 0 amide bonds. The van der Waals surface area contributed by atoms with Crippen LogP contribution in [-0.4, -0.2) is 4.98 Å². The number of pyridine rings is 2. The second-order valence-corrected chi connectivity index (χ2v) is 7.88. The van der Waals surface area contributed by atoms with Gasteiger partial charge in [0.05, 0.1) is 10.9 Å². The van der Waals surface area contributed by atoms with Gasteiger partial charge in [-0.3, -0.25) is 4.98 Å². The van der Waals surface area contributed by atoms with E-state index < -0.39 is 6.85 Å². The van der Waals surface area contributed by atoms with Crippen molar-refractivity contribution in [3.8, 4) is 11.3 Å². The van der Waals surface area contributed by atoms with Crippen LogP contribution in [0, 0.1) is 20.7 Å². The molecule has 30 heavy (non-hydrogen) atoms. The van der Waals surface area contributed by atoms with E-state index in [4.69, 9.17) is 17.9 Å². The van der Waals surface area contributed by atoms with Crippen molar-refractivity contribution in [2.45, 2.75) is 20.7 Å². The molecule has 4 heterocycles. The summed E-state index contributed by atoms with van der Waals surface area (Å²) in [5.74, 6) is 0. The third-order valence-corrected chi connectivity index (χ3v) is 5.94. The quantitative estimate of drug-likeness (QED) is 0.306. The molecular weight excluding hydrogens is 372 g/mol. The Balaban J connectivity index is 1.70. The number of rotatable bonds is 1. The lowest BCUT2D eigenvalue weighted by Gasteiger charge is -2.07. The first-order valence-electron chi connectivity index (χ1n) is 11.4. The first-order valence-corrected chi connectivity index (χ1v) is 9.87. The van der Waals surface area contributed by atoms with Crippen LogP contribution in [0.15, 0.2) is 63.7 Å². The van der Waals surface area contributed by atoms with Crippen molar-refractivity contribution in [3.63, 3.8) is 0 Å². The summed E-state index contributed by atoms with van der Waals surface area (Å²) >= 11 is 0. The second-order valence-electron chi connectivity index (χ2n) is 7.88. The predicted molar refractivity (Wildman–Crippen MR) is 120 cm³/mol. The molecule has 0 aliphatic rings. The topological polar surface area (TPSA) is 43.0 Å². The molecule has 0 aliphatic carbocycles. The van der Waals surface area contributed by atoms with Gasteiger partial charge in [0.15, 0.2) is 17.4 Å². The SMILES string of the molecule is [2H]C([2H])([2H])c1c[n+](C)c(-c2c(C)ccc3c2oc2c3cnc3c4ccccc4oc32)cc1C. The van der Waals surface area contributed by atoms with Gasteiger partial charge in [-0.2, -0.15) is 0 Å². The lowest BCUT2D eigenvalue weighted by atomic mass is 9.99. The Kier molecular flexibility index (Phi) is 2.83. The van der Waals surface area contributed by atoms with E-state index in [0.29, 0.717) is 16.7 Å². The smallest absolute Gasteiger partial charge is 0.216 e. The Hall–Kier alpha value is -3.66. The van der Waals surface area contributed by atoms with Gasteiger partial charge in [0.2, 0.25) is 5.69 Å². The molecule has 4 nitrogen and oxygen atoms in total. The summed E-state index contributed by atoms with van der Waals surface area (Å²) in [5.41, 5.74) is 7.48. The standard InChI is InChI=1S/C26H21N2O2/c1-14-9-10-17-19-12-27-23-18-7-5-6-8-21(18)29-26(23)25(19)30-24(17)22(14)20-11-15(2)16(3)13-28(20)4/h5-13H,1-4H3/q+1/i3D3. The second kappa shape index (κ2) is 5.92. The van der Waals surface area contributed by atoms with Crippen molar-refractivity contribution in [1.29, 1.82) is 0 Å². The molecule has 0 unspecified atom stereocenters. The summed E-state index contributed by atoms with van der Waals surface area (Å²) in [6.07, 6.45) is 3.53. The van der Waals surface area contributed by atoms with E-state index >= 15 is 0 Å². The summed E-state index contributed by atoms with van der Waals surface area (Å²) in [7, 11) is 1.87. The van der Waals surface area contributed by atoms with E-state index in [0.717, 1.165) is 55.2 Å². The summed E-state index contributed by atoms with van der Waals surface area (Å²) in [4.78, 5) is 4.69. The van der Waals surface area contributed by atoms with E-state index in [1.807, 2.05) is 68.1 Å².